The van der Waals surface area contributed by atoms with Gasteiger partial charge in [-0.2, -0.15) is 13.2 Å². The number of pyridine rings is 1. The van der Waals surface area contributed by atoms with Gasteiger partial charge < -0.3 is 9.64 Å². The molecule has 0 unspecified atom stereocenters. The monoisotopic (exact) mass is 547 g/mol. The first-order chi connectivity index (χ1) is 18.0. The van der Waals surface area contributed by atoms with Gasteiger partial charge in [0.15, 0.2) is 5.69 Å². The van der Waals surface area contributed by atoms with Gasteiger partial charge in [0.1, 0.15) is 18.5 Å². The molecule has 1 amide bonds. The fourth-order valence-corrected chi connectivity index (χ4v) is 5.82. The number of thioether (sulfide) groups is 1. The van der Waals surface area contributed by atoms with Crippen molar-refractivity contribution in [2.24, 2.45) is 0 Å². The van der Waals surface area contributed by atoms with Crippen molar-refractivity contribution in [2.75, 3.05) is 11.7 Å². The lowest BCUT2D eigenvalue weighted by Crippen LogP contribution is -2.60. The first-order valence-electron chi connectivity index (χ1n) is 11.6. The largest absolute Gasteiger partial charge is 0.420 e. The zero-order valence-corrected chi connectivity index (χ0v) is 21.0. The molecule has 2 aliphatic heterocycles. The molecular formula is C26H21F4N3O4S. The lowest BCUT2D eigenvalue weighted by molar-refractivity contribution is -0.173. The molecule has 7 nitrogen and oxygen atoms in total. The Hall–Kier alpha value is -3.80. The zero-order valence-electron chi connectivity index (χ0n) is 20.2. The van der Waals surface area contributed by atoms with Crippen LogP contribution in [0.2, 0.25) is 0 Å². The number of alkyl halides is 3. The number of esters is 1. The third-order valence-corrected chi connectivity index (χ3v) is 7.68. The maximum atomic E-state index is 14.2. The van der Waals surface area contributed by atoms with E-state index in [9.17, 15) is 31.9 Å². The highest BCUT2D eigenvalue weighted by atomic mass is 32.2. The number of nitrogens with zero attached hydrogens (tertiary/aromatic N) is 3. The van der Waals surface area contributed by atoms with Crippen molar-refractivity contribution in [3.05, 3.63) is 93.2 Å². The molecule has 198 valence electrons. The van der Waals surface area contributed by atoms with Crippen molar-refractivity contribution in [2.45, 2.75) is 42.8 Å². The zero-order chi connectivity index (χ0) is 27.4. The van der Waals surface area contributed by atoms with Gasteiger partial charge in [-0.25, -0.2) is 4.39 Å². The Bertz CT molecular complexity index is 1510. The standard InChI is InChI=1S/C26H21F4N3O4S/c1-14(26(28,29)30)31-13-33(32-10-9-20(35)24(37-15(2)34)23(32)25(31)36)22-18-6-4-3-5-16(18)12-38-21-11-17(27)7-8-19(21)22/h3-11,14,22H,12-13H2,1-2H3/t14-,22-/m0/s1. The number of hydrogen-bond acceptors (Lipinski definition) is 6. The Morgan fingerprint density at radius 3 is 2.55 bits per heavy atom. The van der Waals surface area contributed by atoms with E-state index in [2.05, 4.69) is 0 Å². The Balaban J connectivity index is 1.80. The predicted octanol–water partition coefficient (Wildman–Crippen LogP) is 4.61. The molecule has 0 aliphatic carbocycles. The van der Waals surface area contributed by atoms with Gasteiger partial charge in [0.25, 0.3) is 5.91 Å². The highest BCUT2D eigenvalue weighted by Crippen LogP contribution is 2.43. The Labute approximate surface area is 218 Å². The molecular weight excluding hydrogens is 526 g/mol. The van der Waals surface area contributed by atoms with Gasteiger partial charge in [-0.3, -0.25) is 24.1 Å². The molecule has 1 aromatic heterocycles. The van der Waals surface area contributed by atoms with Gasteiger partial charge in [0.05, 0.1) is 6.04 Å². The summed E-state index contributed by atoms with van der Waals surface area (Å²) in [5, 5.41) is 1.49. The van der Waals surface area contributed by atoms with E-state index < -0.39 is 59.5 Å². The second-order valence-corrected chi connectivity index (χ2v) is 9.96. The molecule has 0 spiro atoms. The van der Waals surface area contributed by atoms with Crippen LogP contribution in [0, 0.1) is 5.82 Å². The van der Waals surface area contributed by atoms with Crippen LogP contribution in [0.15, 0.2) is 64.4 Å². The summed E-state index contributed by atoms with van der Waals surface area (Å²) in [5.41, 5.74) is 0.870. The van der Waals surface area contributed by atoms with Crippen molar-refractivity contribution in [3.8, 4) is 5.75 Å². The van der Waals surface area contributed by atoms with Gasteiger partial charge >= 0.3 is 12.1 Å². The van der Waals surface area contributed by atoms with E-state index in [1.54, 1.807) is 12.1 Å². The van der Waals surface area contributed by atoms with Crippen LogP contribution in [-0.4, -0.2) is 40.3 Å². The second-order valence-electron chi connectivity index (χ2n) is 8.94. The first kappa shape index (κ1) is 25.8. The van der Waals surface area contributed by atoms with Crippen LogP contribution in [0.1, 0.15) is 47.1 Å². The van der Waals surface area contributed by atoms with Gasteiger partial charge in [0.2, 0.25) is 11.2 Å². The molecule has 2 atom stereocenters. The summed E-state index contributed by atoms with van der Waals surface area (Å²) < 4.78 is 62.3. The van der Waals surface area contributed by atoms with E-state index in [1.807, 2.05) is 18.2 Å². The fraction of sp³-hybridized carbons (Fsp3) is 0.269. The number of fused-ring (bicyclic) bond motifs is 3. The molecule has 0 fully saturated rings. The van der Waals surface area contributed by atoms with E-state index in [1.165, 1.54) is 39.8 Å². The number of ether oxygens (including phenoxy) is 1. The van der Waals surface area contributed by atoms with Crippen LogP contribution < -0.4 is 15.2 Å². The van der Waals surface area contributed by atoms with Crippen molar-refractivity contribution < 1.29 is 31.9 Å². The molecule has 2 aromatic carbocycles. The molecule has 12 heteroatoms. The first-order valence-corrected chi connectivity index (χ1v) is 12.5. The lowest BCUT2D eigenvalue weighted by Gasteiger charge is -2.46. The molecule has 0 radical (unpaired) electrons. The van der Waals surface area contributed by atoms with Crippen molar-refractivity contribution >= 4 is 23.6 Å². The highest BCUT2D eigenvalue weighted by molar-refractivity contribution is 7.98. The molecule has 3 aromatic rings. The third-order valence-electron chi connectivity index (χ3n) is 6.56. The minimum atomic E-state index is -4.78. The van der Waals surface area contributed by atoms with E-state index in [0.29, 0.717) is 21.1 Å². The molecule has 0 saturated carbocycles. The topological polar surface area (TPSA) is 71.8 Å². The van der Waals surface area contributed by atoms with Gasteiger partial charge in [-0.1, -0.05) is 30.3 Å². The Morgan fingerprint density at radius 2 is 1.84 bits per heavy atom. The summed E-state index contributed by atoms with van der Waals surface area (Å²) in [5.74, 6) is -2.68. The predicted molar refractivity (Wildman–Crippen MR) is 131 cm³/mol. The van der Waals surface area contributed by atoms with Gasteiger partial charge in [-0.15, -0.1) is 11.8 Å². The maximum absolute atomic E-state index is 14.2. The number of benzene rings is 2. The summed E-state index contributed by atoms with van der Waals surface area (Å²) in [7, 11) is 0. The number of carbonyl (C=O) groups excluding carboxylic acids is 2. The number of rotatable bonds is 3. The average molecular weight is 548 g/mol. The molecule has 0 saturated heterocycles. The average Bonchev–Trinajstić information content (AvgIpc) is 3.01. The minimum Gasteiger partial charge on any atom is -0.420 e. The molecule has 3 heterocycles. The smallest absolute Gasteiger partial charge is 0.408 e. The van der Waals surface area contributed by atoms with E-state index in [4.69, 9.17) is 4.74 Å². The van der Waals surface area contributed by atoms with Crippen LogP contribution in [0.5, 0.6) is 5.75 Å². The number of aromatic nitrogens is 1. The molecule has 0 bridgehead atoms. The van der Waals surface area contributed by atoms with Gasteiger partial charge in [0, 0.05) is 29.8 Å². The van der Waals surface area contributed by atoms with Crippen LogP contribution in [0.4, 0.5) is 17.6 Å². The Morgan fingerprint density at radius 1 is 1.11 bits per heavy atom. The maximum Gasteiger partial charge on any atom is 0.408 e. The van der Waals surface area contributed by atoms with Crippen LogP contribution in [0.3, 0.4) is 0 Å². The van der Waals surface area contributed by atoms with Gasteiger partial charge in [-0.05, 0) is 35.7 Å². The SMILES string of the molecule is CC(=O)Oc1c2n(ccc1=O)N([C@H]1c3ccccc3CSc3cc(F)ccc31)CN([C@@H](C)C(F)(F)F)C2=O. The number of hydrogen-bond donors (Lipinski definition) is 0. The summed E-state index contributed by atoms with van der Waals surface area (Å²) in [6.07, 6.45) is -3.51. The quantitative estimate of drug-likeness (QED) is 0.353. The fourth-order valence-electron chi connectivity index (χ4n) is 4.70. The number of amides is 1. The molecule has 38 heavy (non-hydrogen) atoms. The second kappa shape index (κ2) is 9.50. The van der Waals surface area contributed by atoms with Crippen molar-refractivity contribution in [1.29, 1.82) is 0 Å². The molecule has 5 rings (SSSR count). The normalized spacial score (nSPS) is 17.7. The minimum absolute atomic E-state index is 0.469. The van der Waals surface area contributed by atoms with E-state index >= 15 is 0 Å². The number of halogens is 4. The number of carbonyl (C=O) groups is 2. The summed E-state index contributed by atoms with van der Waals surface area (Å²) in [6, 6.07) is 9.57. The van der Waals surface area contributed by atoms with Crippen LogP contribution in [0.25, 0.3) is 0 Å². The highest BCUT2D eigenvalue weighted by Gasteiger charge is 2.48. The summed E-state index contributed by atoms with van der Waals surface area (Å²) in [4.78, 5) is 39.1. The van der Waals surface area contributed by atoms with Crippen LogP contribution in [-0.2, 0) is 10.5 Å². The van der Waals surface area contributed by atoms with Crippen molar-refractivity contribution in [1.82, 2.24) is 9.58 Å². The summed E-state index contributed by atoms with van der Waals surface area (Å²) in [6.45, 7) is 1.35. The van der Waals surface area contributed by atoms with E-state index in [-0.39, 0.29) is 0 Å². The lowest BCUT2D eigenvalue weighted by atomic mass is 9.94. The van der Waals surface area contributed by atoms with Crippen molar-refractivity contribution in [3.63, 3.8) is 0 Å². The molecule has 0 N–H and O–H groups in total. The Kier molecular flexibility index (Phi) is 6.46. The third kappa shape index (κ3) is 4.42. The van der Waals surface area contributed by atoms with E-state index in [0.717, 1.165) is 31.0 Å². The summed E-state index contributed by atoms with van der Waals surface area (Å²) >= 11 is 1.39. The molecule has 2 aliphatic rings. The van der Waals surface area contributed by atoms with Crippen LogP contribution >= 0.6 is 11.8 Å².